The van der Waals surface area contributed by atoms with Crippen molar-refractivity contribution in [3.05, 3.63) is 86.1 Å². The molecule has 2 atom stereocenters. The number of fused-ring (bicyclic) bond motifs is 3. The van der Waals surface area contributed by atoms with E-state index in [1.54, 1.807) is 23.5 Å². The van der Waals surface area contributed by atoms with Gasteiger partial charge in [-0.2, -0.15) is 0 Å². The Morgan fingerprint density at radius 1 is 1.18 bits per heavy atom. The van der Waals surface area contributed by atoms with Gasteiger partial charge in [-0.1, -0.05) is 23.8 Å². The molecule has 0 radical (unpaired) electrons. The lowest BCUT2D eigenvalue weighted by Crippen LogP contribution is -2.61. The van der Waals surface area contributed by atoms with Gasteiger partial charge in [0, 0.05) is 54.6 Å². The molecule has 1 saturated heterocycles. The first kappa shape index (κ1) is 22.4. The van der Waals surface area contributed by atoms with Gasteiger partial charge in [0.25, 0.3) is 5.69 Å². The third-order valence-corrected chi connectivity index (χ3v) is 7.83. The van der Waals surface area contributed by atoms with Gasteiger partial charge in [-0.3, -0.25) is 14.9 Å². The second-order valence-electron chi connectivity index (χ2n) is 9.04. The molecule has 34 heavy (non-hydrogen) atoms. The van der Waals surface area contributed by atoms with Gasteiger partial charge in [-0.15, -0.1) is 11.3 Å². The highest BCUT2D eigenvalue weighted by molar-refractivity contribution is 7.09. The van der Waals surface area contributed by atoms with Gasteiger partial charge in [0.2, 0.25) is 5.91 Å². The van der Waals surface area contributed by atoms with Crippen molar-refractivity contribution in [2.24, 2.45) is 5.92 Å². The zero-order valence-electron chi connectivity index (χ0n) is 19.1. The molecule has 8 heteroatoms. The molecule has 1 fully saturated rings. The number of rotatable bonds is 6. The zero-order chi connectivity index (χ0) is 23.7. The Kier molecular flexibility index (Phi) is 6.24. The molecule has 0 spiro atoms. The van der Waals surface area contributed by atoms with Gasteiger partial charge >= 0.3 is 0 Å². The Hall–Kier alpha value is -3.39. The quantitative estimate of drug-likeness (QED) is 0.426. The first-order valence-electron chi connectivity index (χ1n) is 11.7. The molecule has 0 unspecified atom stereocenters. The Morgan fingerprint density at radius 3 is 2.74 bits per heavy atom. The highest BCUT2D eigenvalue weighted by atomic mass is 32.1. The third-order valence-electron chi connectivity index (χ3n) is 6.89. The Balaban J connectivity index is 1.40. The maximum absolute atomic E-state index is 13.4. The summed E-state index contributed by atoms with van der Waals surface area (Å²) in [4.78, 5) is 30.3. The average Bonchev–Trinajstić information content (AvgIpc) is 3.36. The highest BCUT2D eigenvalue weighted by Gasteiger charge is 2.42. The van der Waals surface area contributed by atoms with Gasteiger partial charge in [0.05, 0.1) is 16.9 Å². The number of nitro groups is 1. The number of non-ortho nitro benzene ring substituents is 1. The van der Waals surface area contributed by atoms with Crippen LogP contribution in [0.15, 0.2) is 60.0 Å². The van der Waals surface area contributed by atoms with Crippen LogP contribution >= 0.6 is 11.3 Å². The molecule has 1 amide bonds. The summed E-state index contributed by atoms with van der Waals surface area (Å²) in [6.45, 7) is 5.01. The molecular weight excluding hydrogens is 448 g/mol. The predicted molar refractivity (Wildman–Crippen MR) is 136 cm³/mol. The average molecular weight is 477 g/mol. The second kappa shape index (κ2) is 9.46. The summed E-state index contributed by atoms with van der Waals surface area (Å²) < 4.78 is 0. The second-order valence-corrected chi connectivity index (χ2v) is 10.1. The van der Waals surface area contributed by atoms with Crippen molar-refractivity contribution in [3.8, 4) is 0 Å². The van der Waals surface area contributed by atoms with Crippen LogP contribution < -0.4 is 15.1 Å². The number of anilines is 2. The number of nitrogens with zero attached hydrogens (tertiary/aromatic N) is 3. The van der Waals surface area contributed by atoms with E-state index in [1.165, 1.54) is 10.4 Å². The van der Waals surface area contributed by atoms with Gasteiger partial charge < -0.3 is 15.1 Å². The van der Waals surface area contributed by atoms with E-state index in [0.29, 0.717) is 13.0 Å². The monoisotopic (exact) mass is 476 g/mol. The van der Waals surface area contributed by atoms with E-state index in [2.05, 4.69) is 52.4 Å². The van der Waals surface area contributed by atoms with E-state index in [0.717, 1.165) is 43.0 Å². The number of aryl methyl sites for hydroxylation is 1. The number of piperazine rings is 1. The minimum absolute atomic E-state index is 0.00532. The number of amides is 1. The molecule has 3 aromatic rings. The minimum Gasteiger partial charge on any atom is -0.368 e. The number of nitrogens with one attached hydrogen (secondary N) is 1. The van der Waals surface area contributed by atoms with Crippen LogP contribution in [0.1, 0.15) is 16.0 Å². The number of carbonyl (C=O) groups is 1. The van der Waals surface area contributed by atoms with E-state index in [9.17, 15) is 14.9 Å². The van der Waals surface area contributed by atoms with E-state index in [1.807, 2.05) is 17.5 Å². The molecule has 3 heterocycles. The summed E-state index contributed by atoms with van der Waals surface area (Å²) in [5.74, 6) is -0.249. The molecule has 5 rings (SSSR count). The van der Waals surface area contributed by atoms with Crippen LogP contribution in [0.4, 0.5) is 17.1 Å². The molecule has 0 saturated carbocycles. The number of hydrogen-bond acceptors (Lipinski definition) is 6. The Morgan fingerprint density at radius 2 is 2.00 bits per heavy atom. The third kappa shape index (κ3) is 4.50. The molecule has 1 aromatic heterocycles. The summed E-state index contributed by atoms with van der Waals surface area (Å²) in [7, 11) is 0. The predicted octanol–water partition coefficient (Wildman–Crippen LogP) is 4.19. The smallest absolute Gasteiger partial charge is 0.269 e. The van der Waals surface area contributed by atoms with Crippen LogP contribution in [0.5, 0.6) is 0 Å². The van der Waals surface area contributed by atoms with Crippen molar-refractivity contribution in [2.75, 3.05) is 36.0 Å². The van der Waals surface area contributed by atoms with Crippen molar-refractivity contribution in [3.63, 3.8) is 0 Å². The molecule has 2 aromatic carbocycles. The molecular formula is C26H28N4O3S. The van der Waals surface area contributed by atoms with E-state index in [-0.39, 0.29) is 28.5 Å². The number of nitro benzene ring substituents is 1. The molecule has 176 valence electrons. The Bertz CT molecular complexity index is 1180. The number of carbonyl (C=O) groups excluding carboxylic acids is 1. The van der Waals surface area contributed by atoms with Gasteiger partial charge in [-0.25, -0.2) is 0 Å². The lowest BCUT2D eigenvalue weighted by Gasteiger charge is -2.49. The van der Waals surface area contributed by atoms with Gasteiger partial charge in [0.15, 0.2) is 0 Å². The van der Waals surface area contributed by atoms with Crippen LogP contribution in [0.2, 0.25) is 0 Å². The fraction of sp³-hybridized carbons (Fsp3) is 0.346. The van der Waals surface area contributed by atoms with Crippen LogP contribution in [-0.2, 0) is 17.6 Å². The molecule has 2 aliphatic heterocycles. The fourth-order valence-electron chi connectivity index (χ4n) is 5.11. The lowest BCUT2D eigenvalue weighted by molar-refractivity contribution is -0.384. The number of thiophene rings is 1. The molecule has 2 aliphatic rings. The minimum atomic E-state index is -0.363. The van der Waals surface area contributed by atoms with Crippen molar-refractivity contribution in [1.29, 1.82) is 0 Å². The largest absolute Gasteiger partial charge is 0.368 e. The van der Waals surface area contributed by atoms with Crippen molar-refractivity contribution in [2.45, 2.75) is 25.8 Å². The van der Waals surface area contributed by atoms with Crippen LogP contribution in [-0.4, -0.2) is 43.1 Å². The SMILES string of the molecule is Cc1ccc(N2CCN3c4ccc([N+](=O)[O-])cc4C[C@@H](C(=O)NCCc4cccs4)[C@@H]3C2)cc1. The van der Waals surface area contributed by atoms with Crippen LogP contribution in [0, 0.1) is 23.0 Å². The summed E-state index contributed by atoms with van der Waals surface area (Å²) in [5.41, 5.74) is 4.36. The maximum Gasteiger partial charge on any atom is 0.269 e. The van der Waals surface area contributed by atoms with Crippen LogP contribution in [0.3, 0.4) is 0 Å². The maximum atomic E-state index is 13.4. The van der Waals surface area contributed by atoms with Crippen LogP contribution in [0.25, 0.3) is 0 Å². The molecule has 1 N–H and O–H groups in total. The summed E-state index contributed by atoms with van der Waals surface area (Å²) in [5, 5.41) is 16.6. The first-order valence-corrected chi connectivity index (χ1v) is 12.5. The summed E-state index contributed by atoms with van der Waals surface area (Å²) in [6.07, 6.45) is 1.31. The van der Waals surface area contributed by atoms with E-state index in [4.69, 9.17) is 0 Å². The topological polar surface area (TPSA) is 78.7 Å². The normalized spacial score (nSPS) is 19.3. The number of hydrogen-bond donors (Lipinski definition) is 1. The van der Waals surface area contributed by atoms with E-state index < -0.39 is 0 Å². The summed E-state index contributed by atoms with van der Waals surface area (Å²) >= 11 is 1.69. The van der Waals surface area contributed by atoms with Crippen molar-refractivity contribution in [1.82, 2.24) is 5.32 Å². The molecule has 7 nitrogen and oxygen atoms in total. The first-order chi connectivity index (χ1) is 16.5. The van der Waals surface area contributed by atoms with Gasteiger partial charge in [0.1, 0.15) is 0 Å². The molecule has 0 aliphatic carbocycles. The summed E-state index contributed by atoms with van der Waals surface area (Å²) in [6, 6.07) is 17.7. The molecule has 0 bridgehead atoms. The van der Waals surface area contributed by atoms with Crippen molar-refractivity contribution >= 4 is 34.3 Å². The fourth-order valence-corrected chi connectivity index (χ4v) is 5.82. The number of benzene rings is 2. The Labute approximate surface area is 203 Å². The lowest BCUT2D eigenvalue weighted by atomic mass is 9.83. The van der Waals surface area contributed by atoms with Gasteiger partial charge in [-0.05, 0) is 55.0 Å². The highest BCUT2D eigenvalue weighted by Crippen LogP contribution is 2.38. The standard InChI is InChI=1S/C26H28N4O3S/c1-18-4-6-20(7-5-18)28-12-13-29-24-9-8-21(30(32)33)15-19(24)16-23(25(29)17-28)26(31)27-11-10-22-3-2-14-34-22/h2-9,14-15,23,25H,10-13,16-17H2,1H3,(H,27,31)/t23-,25+/m1/s1. The zero-order valence-corrected chi connectivity index (χ0v) is 20.0. The van der Waals surface area contributed by atoms with Crippen molar-refractivity contribution < 1.29 is 9.72 Å². The van der Waals surface area contributed by atoms with E-state index >= 15 is 0 Å².